The van der Waals surface area contributed by atoms with E-state index in [1.54, 1.807) is 45.7 Å². The molecule has 0 N–H and O–H groups in total. The van der Waals surface area contributed by atoms with Crippen molar-refractivity contribution in [1.29, 1.82) is 5.26 Å². The molecule has 0 aliphatic heterocycles. The van der Waals surface area contributed by atoms with Gasteiger partial charge in [-0.05, 0) is 94.0 Å². The Labute approximate surface area is 230 Å². The maximum Gasteiger partial charge on any atom is 0.416 e. The molecule has 5 aromatic rings. The van der Waals surface area contributed by atoms with Crippen LogP contribution in [0.25, 0.3) is 33.7 Å². The van der Waals surface area contributed by atoms with Crippen molar-refractivity contribution in [2.45, 2.75) is 32.4 Å². The van der Waals surface area contributed by atoms with Gasteiger partial charge in [0.1, 0.15) is 0 Å². The Kier molecular flexibility index (Phi) is 7.41. The zero-order chi connectivity index (χ0) is 28.4. The van der Waals surface area contributed by atoms with E-state index in [1.807, 2.05) is 33.3 Å². The molecule has 0 unspecified atom stereocenters. The summed E-state index contributed by atoms with van der Waals surface area (Å²) >= 11 is 0. The van der Waals surface area contributed by atoms with Gasteiger partial charge in [-0.2, -0.15) is 28.6 Å². The molecule has 2 aromatic carbocycles. The number of nitrogens with zero attached hydrogens (tertiary/aromatic N) is 7. The molecule has 0 spiro atoms. The molecule has 0 atom stereocenters. The second-order valence-corrected chi connectivity index (χ2v) is 9.96. The molecule has 3 aromatic heterocycles. The summed E-state index contributed by atoms with van der Waals surface area (Å²) in [6.45, 7) is 2.83. The zero-order valence-electron chi connectivity index (χ0n) is 22.4. The van der Waals surface area contributed by atoms with Crippen molar-refractivity contribution >= 4 is 5.65 Å². The van der Waals surface area contributed by atoms with Crippen LogP contribution in [0, 0.1) is 18.3 Å². The van der Waals surface area contributed by atoms with Gasteiger partial charge >= 0.3 is 6.18 Å². The maximum atomic E-state index is 13.7. The standard InChI is InChI=1S/C30H28F3N7/c1-20-25(26-14-15-35-40(26)24-12-10-21(18-34)11-13-24)19-39-29(36-27(37-39)9-4-5-16-38(2)3)28(20)22-7-6-8-23(17-22)30(31,32)33/h6-8,10-15,17,19H,4-5,9,16H2,1-3H3. The van der Waals surface area contributed by atoms with Gasteiger partial charge in [-0.25, -0.2) is 14.2 Å². The first-order valence-electron chi connectivity index (χ1n) is 12.9. The summed E-state index contributed by atoms with van der Waals surface area (Å²) in [4.78, 5) is 6.90. The van der Waals surface area contributed by atoms with E-state index in [-0.39, 0.29) is 0 Å². The van der Waals surface area contributed by atoms with E-state index in [4.69, 9.17) is 10.1 Å². The first-order valence-corrected chi connectivity index (χ1v) is 12.9. The Balaban J connectivity index is 1.67. The van der Waals surface area contributed by atoms with Crippen LogP contribution in [0.1, 0.15) is 35.4 Å². The fraction of sp³-hybridized carbons (Fsp3) is 0.267. The van der Waals surface area contributed by atoms with Gasteiger partial charge in [0, 0.05) is 23.7 Å². The van der Waals surface area contributed by atoms with Crippen molar-refractivity contribution < 1.29 is 13.2 Å². The van der Waals surface area contributed by atoms with Crippen LogP contribution in [-0.4, -0.2) is 49.9 Å². The van der Waals surface area contributed by atoms with Gasteiger partial charge < -0.3 is 4.90 Å². The van der Waals surface area contributed by atoms with E-state index in [0.717, 1.165) is 54.0 Å². The number of halogens is 3. The molecular formula is C30H28F3N7. The number of aryl methyl sites for hydroxylation is 1. The largest absolute Gasteiger partial charge is 0.416 e. The smallest absolute Gasteiger partial charge is 0.309 e. The SMILES string of the molecule is Cc1c(-c2ccnn2-c2ccc(C#N)cc2)cn2nc(CCCCN(C)C)nc2c1-c1cccc(C(F)(F)F)c1. The molecule has 204 valence electrons. The molecule has 0 radical (unpaired) electrons. The number of rotatable bonds is 8. The Morgan fingerprint density at radius 1 is 1.02 bits per heavy atom. The molecular weight excluding hydrogens is 515 g/mol. The van der Waals surface area contributed by atoms with Crippen molar-refractivity contribution in [3.63, 3.8) is 0 Å². The van der Waals surface area contributed by atoms with Crippen molar-refractivity contribution in [1.82, 2.24) is 29.3 Å². The second-order valence-electron chi connectivity index (χ2n) is 9.96. The van der Waals surface area contributed by atoms with Gasteiger partial charge in [0.15, 0.2) is 11.5 Å². The second kappa shape index (κ2) is 10.9. The Morgan fingerprint density at radius 3 is 2.50 bits per heavy atom. The minimum absolute atomic E-state index is 0.412. The summed E-state index contributed by atoms with van der Waals surface area (Å²) in [6.07, 6.45) is 1.59. The molecule has 0 saturated heterocycles. The fourth-order valence-electron chi connectivity index (χ4n) is 4.81. The van der Waals surface area contributed by atoms with Gasteiger partial charge in [-0.15, -0.1) is 0 Å². The highest BCUT2D eigenvalue weighted by atomic mass is 19.4. The molecule has 0 amide bonds. The van der Waals surface area contributed by atoms with Crippen LogP contribution in [0.4, 0.5) is 13.2 Å². The predicted molar refractivity (Wildman–Crippen MR) is 147 cm³/mol. The number of hydrogen-bond acceptors (Lipinski definition) is 5. The molecule has 0 aliphatic carbocycles. The third kappa shape index (κ3) is 5.46. The van der Waals surface area contributed by atoms with Gasteiger partial charge in [-0.3, -0.25) is 0 Å². The number of aromatic nitrogens is 5. The molecule has 0 bridgehead atoms. The highest BCUT2D eigenvalue weighted by Gasteiger charge is 2.31. The Morgan fingerprint density at radius 2 is 1.80 bits per heavy atom. The Hall–Kier alpha value is -4.49. The minimum Gasteiger partial charge on any atom is -0.309 e. The predicted octanol–water partition coefficient (Wildman–Crippen LogP) is 6.33. The molecule has 40 heavy (non-hydrogen) atoms. The van der Waals surface area contributed by atoms with Gasteiger partial charge in [0.25, 0.3) is 0 Å². The number of pyridine rings is 1. The topological polar surface area (TPSA) is 75.0 Å². The first kappa shape index (κ1) is 27.1. The highest BCUT2D eigenvalue weighted by Crippen LogP contribution is 2.38. The van der Waals surface area contributed by atoms with Crippen molar-refractivity contribution in [2.24, 2.45) is 0 Å². The maximum absolute atomic E-state index is 13.7. The molecule has 5 rings (SSSR count). The summed E-state index contributed by atoms with van der Waals surface area (Å²) in [6, 6.07) is 16.3. The fourth-order valence-corrected chi connectivity index (χ4v) is 4.81. The average Bonchev–Trinajstić information content (AvgIpc) is 3.57. The number of fused-ring (bicyclic) bond motifs is 1. The molecule has 0 fully saturated rings. The summed E-state index contributed by atoms with van der Waals surface area (Å²) in [7, 11) is 4.05. The van der Waals surface area contributed by atoms with Gasteiger partial charge in [0.2, 0.25) is 0 Å². The van der Waals surface area contributed by atoms with Crippen LogP contribution >= 0.6 is 0 Å². The Bertz CT molecular complexity index is 1690. The monoisotopic (exact) mass is 543 g/mol. The zero-order valence-corrected chi connectivity index (χ0v) is 22.4. The van der Waals surface area contributed by atoms with E-state index in [1.165, 1.54) is 6.07 Å². The number of unbranched alkanes of at least 4 members (excludes halogenated alkanes) is 1. The van der Waals surface area contributed by atoms with E-state index < -0.39 is 11.7 Å². The highest BCUT2D eigenvalue weighted by molar-refractivity contribution is 5.86. The van der Waals surface area contributed by atoms with E-state index in [2.05, 4.69) is 16.1 Å². The molecule has 7 nitrogen and oxygen atoms in total. The van der Waals surface area contributed by atoms with Crippen LogP contribution in [0.2, 0.25) is 0 Å². The third-order valence-corrected chi connectivity index (χ3v) is 6.82. The normalized spacial score (nSPS) is 11.8. The number of benzene rings is 2. The third-order valence-electron chi connectivity index (χ3n) is 6.82. The van der Waals surface area contributed by atoms with Crippen LogP contribution in [0.3, 0.4) is 0 Å². The van der Waals surface area contributed by atoms with Crippen LogP contribution < -0.4 is 0 Å². The lowest BCUT2D eigenvalue weighted by molar-refractivity contribution is -0.137. The van der Waals surface area contributed by atoms with E-state index in [9.17, 15) is 18.4 Å². The molecule has 3 heterocycles. The van der Waals surface area contributed by atoms with E-state index in [0.29, 0.717) is 34.6 Å². The molecule has 0 aliphatic rings. The average molecular weight is 544 g/mol. The van der Waals surface area contributed by atoms with E-state index >= 15 is 0 Å². The molecule has 10 heteroatoms. The molecule has 0 saturated carbocycles. The van der Waals surface area contributed by atoms with Crippen molar-refractivity contribution in [2.75, 3.05) is 20.6 Å². The van der Waals surface area contributed by atoms with Crippen molar-refractivity contribution in [3.05, 3.63) is 89.5 Å². The summed E-state index contributed by atoms with van der Waals surface area (Å²) < 4.78 is 44.4. The van der Waals surface area contributed by atoms with Gasteiger partial charge in [0.05, 0.1) is 34.8 Å². The van der Waals surface area contributed by atoms with Crippen molar-refractivity contribution in [3.8, 4) is 34.1 Å². The van der Waals surface area contributed by atoms with Gasteiger partial charge in [-0.1, -0.05) is 12.1 Å². The lowest BCUT2D eigenvalue weighted by Crippen LogP contribution is -2.12. The number of alkyl halides is 3. The quantitative estimate of drug-likeness (QED) is 0.214. The van der Waals surface area contributed by atoms with Crippen LogP contribution in [0.5, 0.6) is 0 Å². The summed E-state index contributed by atoms with van der Waals surface area (Å²) in [5, 5.41) is 18.4. The summed E-state index contributed by atoms with van der Waals surface area (Å²) in [5.74, 6) is 0.643. The minimum atomic E-state index is -4.47. The lowest BCUT2D eigenvalue weighted by atomic mass is 9.95. The first-order chi connectivity index (χ1) is 19.2. The van der Waals surface area contributed by atoms with Crippen LogP contribution in [0.15, 0.2) is 67.0 Å². The lowest BCUT2D eigenvalue weighted by Gasteiger charge is -2.16. The summed E-state index contributed by atoms with van der Waals surface area (Å²) in [5.41, 5.74) is 4.31. The van der Waals surface area contributed by atoms with Crippen LogP contribution in [-0.2, 0) is 12.6 Å². The number of hydrogen-bond donors (Lipinski definition) is 0. The number of nitriles is 1.